The van der Waals surface area contributed by atoms with Crippen LogP contribution in [0.3, 0.4) is 0 Å². The second kappa shape index (κ2) is 6.69. The first-order valence-electron chi connectivity index (χ1n) is 8.06. The van der Waals surface area contributed by atoms with E-state index in [-0.39, 0.29) is 18.7 Å². The number of amides is 1. The lowest BCUT2D eigenvalue weighted by molar-refractivity contribution is 0.0948. The van der Waals surface area contributed by atoms with Gasteiger partial charge in [0.15, 0.2) is 0 Å². The highest BCUT2D eigenvalue weighted by Gasteiger charge is 2.14. The monoisotopic (exact) mass is 383 g/mol. The van der Waals surface area contributed by atoms with Crippen molar-refractivity contribution in [2.24, 2.45) is 0 Å². The molecule has 0 aliphatic heterocycles. The van der Waals surface area contributed by atoms with Crippen LogP contribution in [-0.2, 0) is 6.54 Å². The van der Waals surface area contributed by atoms with Gasteiger partial charge in [0.2, 0.25) is 0 Å². The quantitative estimate of drug-likeness (QED) is 0.516. The molecule has 9 heteroatoms. The summed E-state index contributed by atoms with van der Waals surface area (Å²) >= 11 is 1.23. The highest BCUT2D eigenvalue weighted by atomic mass is 32.1. The summed E-state index contributed by atoms with van der Waals surface area (Å²) in [7, 11) is 0. The van der Waals surface area contributed by atoms with Gasteiger partial charge in [-0.05, 0) is 23.6 Å². The molecule has 27 heavy (non-hydrogen) atoms. The Morgan fingerprint density at radius 1 is 1.19 bits per heavy atom. The molecule has 0 fully saturated rings. The molecule has 8 nitrogen and oxygen atoms in total. The third-order valence-electron chi connectivity index (χ3n) is 4.10. The number of aromatic amines is 1. The molecule has 0 unspecified atom stereocenters. The smallest absolute Gasteiger partial charge is 0.349 e. The maximum absolute atomic E-state index is 12.3. The number of H-pyrrole nitrogens is 1. The summed E-state index contributed by atoms with van der Waals surface area (Å²) < 4.78 is 6.59. The van der Waals surface area contributed by atoms with Crippen LogP contribution >= 0.6 is 11.3 Å². The number of para-hydroxylation sites is 1. The van der Waals surface area contributed by atoms with E-state index < -0.39 is 22.8 Å². The van der Waals surface area contributed by atoms with Crippen LogP contribution in [0, 0.1) is 0 Å². The largest absolute Gasteiger partial charge is 0.422 e. The van der Waals surface area contributed by atoms with Crippen LogP contribution in [0.4, 0.5) is 0 Å². The molecule has 0 aliphatic rings. The molecule has 0 saturated carbocycles. The Balaban J connectivity index is 1.54. The van der Waals surface area contributed by atoms with Gasteiger partial charge in [-0.1, -0.05) is 18.2 Å². The van der Waals surface area contributed by atoms with Crippen molar-refractivity contribution in [2.45, 2.75) is 6.54 Å². The Morgan fingerprint density at radius 3 is 2.85 bits per heavy atom. The first-order chi connectivity index (χ1) is 13.0. The van der Waals surface area contributed by atoms with Crippen LogP contribution < -0.4 is 22.2 Å². The van der Waals surface area contributed by atoms with E-state index in [0.717, 1.165) is 4.57 Å². The first-order valence-corrected chi connectivity index (χ1v) is 8.94. The van der Waals surface area contributed by atoms with Crippen molar-refractivity contribution in [3.63, 3.8) is 0 Å². The minimum Gasteiger partial charge on any atom is -0.422 e. The average Bonchev–Trinajstić information content (AvgIpc) is 3.12. The molecule has 0 atom stereocenters. The SMILES string of the molecule is O=C(NCCn1c(=O)[nH]c2ccsc2c1=O)c1cc2ccccc2oc1=O. The molecule has 0 bridgehead atoms. The molecule has 4 rings (SSSR count). The summed E-state index contributed by atoms with van der Waals surface area (Å²) in [5.74, 6) is -0.629. The molecule has 1 aromatic carbocycles. The second-order valence-corrected chi connectivity index (χ2v) is 6.71. The minimum atomic E-state index is -0.749. The molecule has 0 radical (unpaired) electrons. The molecule has 3 heterocycles. The van der Waals surface area contributed by atoms with Crippen molar-refractivity contribution >= 4 is 38.4 Å². The molecule has 4 aromatic rings. The molecular weight excluding hydrogens is 370 g/mol. The number of aromatic nitrogens is 2. The van der Waals surface area contributed by atoms with Crippen LogP contribution in [0.15, 0.2) is 60.6 Å². The highest BCUT2D eigenvalue weighted by molar-refractivity contribution is 7.17. The molecule has 0 spiro atoms. The summed E-state index contributed by atoms with van der Waals surface area (Å²) in [6.45, 7) is -0.0162. The highest BCUT2D eigenvalue weighted by Crippen LogP contribution is 2.13. The number of thiophene rings is 1. The standard InChI is InChI=1S/C18H13N3O5S/c22-15(11-9-10-3-1-2-4-13(10)26-17(11)24)19-6-7-21-16(23)14-12(5-8-27-14)20-18(21)25/h1-5,8-9H,6-7H2,(H,19,22)(H,20,25). The topological polar surface area (TPSA) is 114 Å². The van der Waals surface area contributed by atoms with Crippen molar-refractivity contribution in [2.75, 3.05) is 6.54 Å². The van der Waals surface area contributed by atoms with Crippen molar-refractivity contribution < 1.29 is 9.21 Å². The van der Waals surface area contributed by atoms with Crippen molar-refractivity contribution in [1.29, 1.82) is 0 Å². The number of nitrogens with one attached hydrogen (secondary N) is 2. The van der Waals surface area contributed by atoms with Gasteiger partial charge >= 0.3 is 11.3 Å². The van der Waals surface area contributed by atoms with Gasteiger partial charge in [-0.25, -0.2) is 9.59 Å². The van der Waals surface area contributed by atoms with E-state index in [2.05, 4.69) is 10.3 Å². The van der Waals surface area contributed by atoms with Crippen molar-refractivity contribution in [3.05, 3.63) is 78.6 Å². The number of rotatable bonds is 4. The maximum atomic E-state index is 12.3. The van der Waals surface area contributed by atoms with Crippen LogP contribution in [-0.4, -0.2) is 22.0 Å². The molecule has 136 valence electrons. The summed E-state index contributed by atoms with van der Waals surface area (Å²) in [6.07, 6.45) is 0. The van der Waals surface area contributed by atoms with Gasteiger partial charge in [0, 0.05) is 18.5 Å². The Kier molecular flexibility index (Phi) is 4.21. The lowest BCUT2D eigenvalue weighted by Gasteiger charge is -2.07. The third-order valence-corrected chi connectivity index (χ3v) is 5.00. The fourth-order valence-electron chi connectivity index (χ4n) is 2.77. The fraction of sp³-hybridized carbons (Fsp3) is 0.111. The van der Waals surface area contributed by atoms with E-state index in [1.165, 1.54) is 17.4 Å². The predicted octanol–water partition coefficient (Wildman–Crippen LogP) is 1.29. The van der Waals surface area contributed by atoms with E-state index in [1.54, 1.807) is 35.7 Å². The molecule has 3 aromatic heterocycles. The summed E-state index contributed by atoms with van der Waals surface area (Å²) in [4.78, 5) is 51.3. The lowest BCUT2D eigenvalue weighted by Crippen LogP contribution is -2.39. The van der Waals surface area contributed by atoms with Gasteiger partial charge < -0.3 is 14.7 Å². The Morgan fingerprint density at radius 2 is 2.00 bits per heavy atom. The third kappa shape index (κ3) is 3.08. The number of hydrogen-bond acceptors (Lipinski definition) is 6. The van der Waals surface area contributed by atoms with E-state index in [9.17, 15) is 19.2 Å². The van der Waals surface area contributed by atoms with E-state index in [0.29, 0.717) is 21.2 Å². The number of carbonyl (C=O) groups is 1. The van der Waals surface area contributed by atoms with E-state index in [1.807, 2.05) is 0 Å². The fourth-order valence-corrected chi connectivity index (χ4v) is 3.57. The Labute approximate surface area is 154 Å². The minimum absolute atomic E-state index is 0.00493. The molecule has 0 saturated heterocycles. The average molecular weight is 383 g/mol. The van der Waals surface area contributed by atoms with Crippen molar-refractivity contribution in [1.82, 2.24) is 14.9 Å². The van der Waals surface area contributed by atoms with Gasteiger partial charge in [-0.3, -0.25) is 14.2 Å². The van der Waals surface area contributed by atoms with Gasteiger partial charge in [0.25, 0.3) is 11.5 Å². The molecule has 0 aliphatic carbocycles. The predicted molar refractivity (Wildman–Crippen MR) is 102 cm³/mol. The first kappa shape index (κ1) is 17.0. The van der Waals surface area contributed by atoms with Gasteiger partial charge in [0.1, 0.15) is 15.8 Å². The molecule has 2 N–H and O–H groups in total. The van der Waals surface area contributed by atoms with Crippen LogP contribution in [0.25, 0.3) is 21.2 Å². The molecule has 1 amide bonds. The van der Waals surface area contributed by atoms with Crippen LogP contribution in [0.1, 0.15) is 10.4 Å². The van der Waals surface area contributed by atoms with Crippen molar-refractivity contribution in [3.8, 4) is 0 Å². The zero-order valence-corrected chi connectivity index (χ0v) is 14.7. The maximum Gasteiger partial charge on any atom is 0.349 e. The van der Waals surface area contributed by atoms with Gasteiger partial charge in [-0.15, -0.1) is 11.3 Å². The van der Waals surface area contributed by atoms with E-state index in [4.69, 9.17) is 4.42 Å². The van der Waals surface area contributed by atoms with Crippen LogP contribution in [0.2, 0.25) is 0 Å². The van der Waals surface area contributed by atoms with Gasteiger partial charge in [-0.2, -0.15) is 0 Å². The summed E-state index contributed by atoms with van der Waals surface area (Å²) in [5, 5.41) is 4.88. The zero-order chi connectivity index (χ0) is 19.0. The number of nitrogens with zero attached hydrogens (tertiary/aromatic N) is 1. The Bertz CT molecular complexity index is 1340. The van der Waals surface area contributed by atoms with Crippen LogP contribution in [0.5, 0.6) is 0 Å². The summed E-state index contributed by atoms with van der Waals surface area (Å²) in [5.41, 5.74) is -0.969. The zero-order valence-electron chi connectivity index (χ0n) is 13.9. The number of hydrogen-bond donors (Lipinski definition) is 2. The number of fused-ring (bicyclic) bond motifs is 2. The molecular formula is C18H13N3O5S. The lowest BCUT2D eigenvalue weighted by atomic mass is 10.2. The number of benzene rings is 1. The normalized spacial score (nSPS) is 11.1. The summed E-state index contributed by atoms with van der Waals surface area (Å²) in [6, 6.07) is 9.97. The Hall–Kier alpha value is -3.46. The second-order valence-electron chi connectivity index (χ2n) is 5.79. The van der Waals surface area contributed by atoms with E-state index >= 15 is 0 Å². The van der Waals surface area contributed by atoms with Gasteiger partial charge in [0.05, 0.1) is 5.52 Å². The number of carbonyl (C=O) groups excluding carboxylic acids is 1.